The fraction of sp³-hybridized carbons (Fsp3) is 0.0164. The van der Waals surface area contributed by atoms with E-state index in [1.807, 2.05) is 0 Å². The van der Waals surface area contributed by atoms with Crippen LogP contribution in [0.25, 0.3) is 33.4 Å². The van der Waals surface area contributed by atoms with Crippen LogP contribution < -0.4 is 14.5 Å². The van der Waals surface area contributed by atoms with Crippen LogP contribution in [-0.4, -0.2) is 0 Å². The molecular formula is C61H42N2O. The van der Waals surface area contributed by atoms with Crippen molar-refractivity contribution in [3.8, 4) is 44.9 Å². The second-order valence-corrected chi connectivity index (χ2v) is 16.4. The van der Waals surface area contributed by atoms with Crippen molar-refractivity contribution in [3.05, 3.63) is 277 Å². The van der Waals surface area contributed by atoms with Gasteiger partial charge >= 0.3 is 0 Å². The lowest BCUT2D eigenvalue weighted by Crippen LogP contribution is -2.32. The molecule has 2 aliphatic rings. The van der Waals surface area contributed by atoms with Gasteiger partial charge in [-0.2, -0.15) is 0 Å². The molecule has 0 radical (unpaired) electrons. The van der Waals surface area contributed by atoms with Gasteiger partial charge in [0.25, 0.3) is 0 Å². The standard InChI is InChI=1S/C61H42N2O/c1-5-21-43(22-6-1)49-29-13-17-33-57(49)62(45-25-9-3-10-26-45)47-38-40-53-52(41-47)51-39-37-48(42-56(51)61(53)54-31-15-19-35-59(54)64-60-36-20-16-32-55(60)61)63(46-27-11-4-12-28-46)58-34-18-14-30-50(58)44-23-7-2-8-24-44/h1-42H. The molecule has 0 fully saturated rings. The lowest BCUT2D eigenvalue weighted by Gasteiger charge is -2.40. The molecule has 1 aliphatic carbocycles. The van der Waals surface area contributed by atoms with E-state index in [0.717, 1.165) is 67.9 Å². The summed E-state index contributed by atoms with van der Waals surface area (Å²) in [6.45, 7) is 0. The summed E-state index contributed by atoms with van der Waals surface area (Å²) < 4.78 is 6.79. The monoisotopic (exact) mass is 818 g/mol. The minimum absolute atomic E-state index is 0.675. The molecule has 0 aromatic heterocycles. The maximum Gasteiger partial charge on any atom is 0.132 e. The van der Waals surface area contributed by atoms with Crippen LogP contribution >= 0.6 is 0 Å². The van der Waals surface area contributed by atoms with Gasteiger partial charge in [0.05, 0.1) is 16.8 Å². The second-order valence-electron chi connectivity index (χ2n) is 16.4. The quantitative estimate of drug-likeness (QED) is 0.152. The lowest BCUT2D eigenvalue weighted by atomic mass is 9.66. The van der Waals surface area contributed by atoms with E-state index in [2.05, 4.69) is 265 Å². The number of fused-ring (bicyclic) bond motifs is 9. The zero-order chi connectivity index (χ0) is 42.5. The minimum atomic E-state index is -0.675. The molecule has 3 heteroatoms. The van der Waals surface area contributed by atoms with Crippen LogP contribution in [0.3, 0.4) is 0 Å². The van der Waals surface area contributed by atoms with E-state index < -0.39 is 5.41 Å². The Morgan fingerprint density at radius 2 is 0.688 bits per heavy atom. The van der Waals surface area contributed by atoms with Crippen LogP contribution in [0.4, 0.5) is 34.1 Å². The summed E-state index contributed by atoms with van der Waals surface area (Å²) in [5, 5.41) is 0. The third kappa shape index (κ3) is 5.97. The van der Waals surface area contributed by atoms with Crippen molar-refractivity contribution in [3.63, 3.8) is 0 Å². The van der Waals surface area contributed by atoms with Crippen molar-refractivity contribution < 1.29 is 4.74 Å². The average molecular weight is 819 g/mol. The Labute approximate surface area is 374 Å². The number of ether oxygens (including phenoxy) is 1. The SMILES string of the molecule is c1ccc(-c2ccccc2N(c2ccccc2)c2ccc3c(c2)-c2ccc(N(c4ccccc4)c4ccccc4-c4ccccc4)cc2C32c3ccccc3Oc3ccccc32)cc1. The summed E-state index contributed by atoms with van der Waals surface area (Å²) in [6, 6.07) is 91.8. The van der Waals surface area contributed by atoms with E-state index in [4.69, 9.17) is 4.74 Å². The number of rotatable bonds is 8. The van der Waals surface area contributed by atoms with Gasteiger partial charge in [0, 0.05) is 45.0 Å². The van der Waals surface area contributed by atoms with Crippen molar-refractivity contribution in [2.45, 2.75) is 5.41 Å². The van der Waals surface area contributed by atoms with Crippen LogP contribution in [0.1, 0.15) is 22.3 Å². The smallest absolute Gasteiger partial charge is 0.132 e. The molecule has 10 aromatic carbocycles. The van der Waals surface area contributed by atoms with Gasteiger partial charge in [0.2, 0.25) is 0 Å². The third-order valence-electron chi connectivity index (χ3n) is 12.9. The molecule has 1 spiro atoms. The molecule has 0 amide bonds. The van der Waals surface area contributed by atoms with Gasteiger partial charge in [-0.3, -0.25) is 0 Å². The zero-order valence-electron chi connectivity index (χ0n) is 35.1. The lowest BCUT2D eigenvalue weighted by molar-refractivity contribution is 0.436. The number of hydrogen-bond donors (Lipinski definition) is 0. The topological polar surface area (TPSA) is 15.7 Å². The number of hydrogen-bond acceptors (Lipinski definition) is 3. The molecule has 0 saturated heterocycles. The highest BCUT2D eigenvalue weighted by Gasteiger charge is 2.51. The van der Waals surface area contributed by atoms with Crippen molar-refractivity contribution in [2.75, 3.05) is 9.80 Å². The van der Waals surface area contributed by atoms with Gasteiger partial charge in [-0.25, -0.2) is 0 Å². The summed E-state index contributed by atoms with van der Waals surface area (Å²) in [5.74, 6) is 1.73. The van der Waals surface area contributed by atoms with Crippen LogP contribution in [0, 0.1) is 0 Å². The predicted octanol–water partition coefficient (Wildman–Crippen LogP) is 16.4. The van der Waals surface area contributed by atoms with Crippen LogP contribution in [-0.2, 0) is 5.41 Å². The van der Waals surface area contributed by atoms with E-state index in [1.165, 1.54) is 33.4 Å². The molecule has 0 atom stereocenters. The molecule has 3 nitrogen and oxygen atoms in total. The summed E-state index contributed by atoms with van der Waals surface area (Å²) in [5.41, 5.74) is 17.6. The fourth-order valence-electron chi connectivity index (χ4n) is 10.2. The molecule has 0 N–H and O–H groups in total. The zero-order valence-corrected chi connectivity index (χ0v) is 35.1. The molecule has 10 aromatic rings. The Hall–Kier alpha value is -8.40. The first-order valence-corrected chi connectivity index (χ1v) is 21.9. The summed E-state index contributed by atoms with van der Waals surface area (Å²) in [4.78, 5) is 4.82. The molecule has 302 valence electrons. The molecule has 64 heavy (non-hydrogen) atoms. The highest BCUT2D eigenvalue weighted by atomic mass is 16.5. The van der Waals surface area contributed by atoms with Crippen LogP contribution in [0.15, 0.2) is 255 Å². The van der Waals surface area contributed by atoms with Crippen molar-refractivity contribution in [2.24, 2.45) is 0 Å². The van der Waals surface area contributed by atoms with Gasteiger partial charge in [0.15, 0.2) is 0 Å². The summed E-state index contributed by atoms with van der Waals surface area (Å²) >= 11 is 0. The molecule has 0 bridgehead atoms. The van der Waals surface area contributed by atoms with Crippen LogP contribution in [0.2, 0.25) is 0 Å². The molecule has 1 aliphatic heterocycles. The minimum Gasteiger partial charge on any atom is -0.457 e. The summed E-state index contributed by atoms with van der Waals surface area (Å²) in [6.07, 6.45) is 0. The van der Waals surface area contributed by atoms with Gasteiger partial charge in [0.1, 0.15) is 11.5 Å². The Morgan fingerprint density at radius 1 is 0.266 bits per heavy atom. The first-order chi connectivity index (χ1) is 31.8. The Kier molecular flexibility index (Phi) is 9.05. The number of anilines is 6. The normalized spacial score (nSPS) is 12.6. The molecule has 0 saturated carbocycles. The third-order valence-corrected chi connectivity index (χ3v) is 12.9. The Bertz CT molecular complexity index is 3260. The summed E-state index contributed by atoms with van der Waals surface area (Å²) in [7, 11) is 0. The first kappa shape index (κ1) is 37.4. The highest BCUT2D eigenvalue weighted by molar-refractivity contribution is 5.96. The average Bonchev–Trinajstić information content (AvgIpc) is 3.65. The van der Waals surface area contributed by atoms with Crippen molar-refractivity contribution in [1.82, 2.24) is 0 Å². The maximum atomic E-state index is 6.79. The van der Waals surface area contributed by atoms with E-state index in [0.29, 0.717) is 0 Å². The van der Waals surface area contributed by atoms with Gasteiger partial charge in [-0.05, 0) is 106 Å². The molecular weight excluding hydrogens is 777 g/mol. The van der Waals surface area contributed by atoms with E-state index in [1.54, 1.807) is 0 Å². The molecule has 12 rings (SSSR count). The van der Waals surface area contributed by atoms with E-state index in [-0.39, 0.29) is 0 Å². The van der Waals surface area contributed by atoms with Crippen molar-refractivity contribution in [1.29, 1.82) is 0 Å². The largest absolute Gasteiger partial charge is 0.457 e. The Morgan fingerprint density at radius 3 is 1.22 bits per heavy atom. The fourth-order valence-corrected chi connectivity index (χ4v) is 10.2. The first-order valence-electron chi connectivity index (χ1n) is 21.9. The van der Waals surface area contributed by atoms with E-state index >= 15 is 0 Å². The molecule has 1 heterocycles. The van der Waals surface area contributed by atoms with Gasteiger partial charge < -0.3 is 14.5 Å². The number of benzene rings is 10. The van der Waals surface area contributed by atoms with Gasteiger partial charge in [-0.1, -0.05) is 182 Å². The highest BCUT2D eigenvalue weighted by Crippen LogP contribution is 2.63. The van der Waals surface area contributed by atoms with Crippen molar-refractivity contribution >= 4 is 34.1 Å². The molecule has 0 unspecified atom stereocenters. The van der Waals surface area contributed by atoms with Gasteiger partial charge in [-0.15, -0.1) is 0 Å². The predicted molar refractivity (Wildman–Crippen MR) is 264 cm³/mol. The second kappa shape index (κ2) is 15.5. The Balaban J connectivity index is 1.13. The number of nitrogens with zero attached hydrogens (tertiary/aromatic N) is 2. The maximum absolute atomic E-state index is 6.79. The number of para-hydroxylation sites is 6. The van der Waals surface area contributed by atoms with E-state index in [9.17, 15) is 0 Å². The van der Waals surface area contributed by atoms with Crippen LogP contribution in [0.5, 0.6) is 11.5 Å².